The molecule has 6 heterocycles. The molecule has 8 heteroatoms. The Morgan fingerprint density at radius 2 is 0.500 bits per heavy atom. The second kappa shape index (κ2) is 18.1. The Bertz CT molecular complexity index is 4840. The van der Waals surface area contributed by atoms with Gasteiger partial charge in [-0.1, -0.05) is 188 Å². The molecule has 0 unspecified atom stereocenters. The fourth-order valence-corrected chi connectivity index (χ4v) is 14.5. The van der Waals surface area contributed by atoms with Crippen LogP contribution in [0, 0.1) is 0 Å². The van der Waals surface area contributed by atoms with Gasteiger partial charge in [0.05, 0.1) is 33.4 Å². The minimum Gasteiger partial charge on any atom is -0.458 e. The summed E-state index contributed by atoms with van der Waals surface area (Å²) in [6.45, 7) is -0.377. The van der Waals surface area contributed by atoms with E-state index < -0.39 is 0 Å². The van der Waals surface area contributed by atoms with Crippen LogP contribution in [0.2, 0.25) is 0 Å². The van der Waals surface area contributed by atoms with E-state index in [0.29, 0.717) is 0 Å². The van der Waals surface area contributed by atoms with Crippen molar-refractivity contribution in [2.45, 2.75) is 0 Å². The number of hydrogen-bond donors (Lipinski definition) is 0. The van der Waals surface area contributed by atoms with Gasteiger partial charge in [0.25, 0.3) is 13.4 Å². The van der Waals surface area contributed by atoms with Gasteiger partial charge >= 0.3 is 0 Å². The lowest BCUT2D eigenvalue weighted by Gasteiger charge is -2.37. The molecule has 86 heavy (non-hydrogen) atoms. The van der Waals surface area contributed by atoms with Gasteiger partial charge in [-0.15, -0.1) is 0 Å². The van der Waals surface area contributed by atoms with Crippen molar-refractivity contribution in [2.24, 2.45) is 0 Å². The van der Waals surface area contributed by atoms with Crippen LogP contribution in [0.4, 0.5) is 0 Å². The Hall–Kier alpha value is -11.2. The number of aromatic nitrogens is 2. The number of para-hydroxylation sites is 2. The van der Waals surface area contributed by atoms with E-state index in [1.54, 1.807) is 0 Å². The Balaban J connectivity index is 0.783. The molecule has 4 aliphatic heterocycles. The largest absolute Gasteiger partial charge is 0.458 e. The molecule has 0 spiro atoms. The Morgan fingerprint density at radius 3 is 0.826 bits per heavy atom. The summed E-state index contributed by atoms with van der Waals surface area (Å²) in [4.78, 5) is 0. The second-order valence-corrected chi connectivity index (χ2v) is 23.1. The van der Waals surface area contributed by atoms with E-state index in [1.165, 1.54) is 43.8 Å². The molecule has 0 saturated carbocycles. The van der Waals surface area contributed by atoms with Gasteiger partial charge in [-0.3, -0.25) is 0 Å². The van der Waals surface area contributed by atoms with Gasteiger partial charge in [-0.2, -0.15) is 0 Å². The molecule has 4 aliphatic rings. The molecule has 6 nitrogen and oxygen atoms in total. The maximum atomic E-state index is 7.35. The van der Waals surface area contributed by atoms with Gasteiger partial charge in [0.15, 0.2) is 0 Å². The number of benzene rings is 13. The van der Waals surface area contributed by atoms with Crippen LogP contribution < -0.4 is 51.7 Å². The number of rotatable bonds is 6. The summed E-state index contributed by atoms with van der Waals surface area (Å²) in [6.07, 6.45) is 0. The standard InChI is InChI=1S/C78H46B2N2O4/c1-5-17-47(18-6-1)51-29-33-65-57(37-51)58-38-52(48-19-7-2-8-20-48)30-34-66(58)81(65)55-41-73-77-75(43-55)85-71-46-72-64(45-63(71)79(77)61-25-13-15-27-69(61)83-73)80-62-26-14-16-28-70(62)84-74-42-56(44-76(86-72)78(74)80)82-67-35-31-53(49-21-9-3-10-22-49)39-59(67)60-40-54(32-36-68(60)82)50-23-11-4-12-24-50/h1-46H. The van der Waals surface area contributed by atoms with Crippen LogP contribution in [-0.2, 0) is 0 Å². The van der Waals surface area contributed by atoms with Crippen molar-refractivity contribution in [3.05, 3.63) is 279 Å². The minimum absolute atomic E-state index is 0.188. The molecule has 15 aromatic rings. The summed E-state index contributed by atoms with van der Waals surface area (Å²) < 4.78 is 33.5. The highest BCUT2D eigenvalue weighted by molar-refractivity contribution is 7.01. The van der Waals surface area contributed by atoms with E-state index in [1.807, 2.05) is 0 Å². The van der Waals surface area contributed by atoms with Crippen molar-refractivity contribution in [3.8, 4) is 102 Å². The molecule has 0 N–H and O–H groups in total. The van der Waals surface area contributed by atoms with Crippen LogP contribution in [0.25, 0.3) is 99.5 Å². The Morgan fingerprint density at radius 1 is 0.209 bits per heavy atom. The quantitative estimate of drug-likeness (QED) is 0.156. The normalized spacial score (nSPS) is 13.0. The van der Waals surface area contributed by atoms with Crippen molar-refractivity contribution in [2.75, 3.05) is 0 Å². The van der Waals surface area contributed by atoms with Gasteiger partial charge in [0.1, 0.15) is 46.0 Å². The van der Waals surface area contributed by atoms with E-state index in [2.05, 4.69) is 288 Å². The summed E-state index contributed by atoms with van der Waals surface area (Å²) in [7, 11) is 0. The van der Waals surface area contributed by atoms with Crippen LogP contribution in [0.1, 0.15) is 0 Å². The highest BCUT2D eigenvalue weighted by atomic mass is 16.5. The molecule has 0 atom stereocenters. The van der Waals surface area contributed by atoms with E-state index in [0.717, 1.165) is 134 Å². The average molecular weight is 1100 g/mol. The topological polar surface area (TPSA) is 46.8 Å². The lowest BCUT2D eigenvalue weighted by atomic mass is 9.31. The third-order valence-electron chi connectivity index (χ3n) is 18.3. The first-order valence-corrected chi connectivity index (χ1v) is 29.4. The molecule has 0 fully saturated rings. The van der Waals surface area contributed by atoms with E-state index in [9.17, 15) is 0 Å². The number of hydrogen-bond acceptors (Lipinski definition) is 4. The molecule has 0 aliphatic carbocycles. The van der Waals surface area contributed by atoms with E-state index in [4.69, 9.17) is 18.9 Å². The first-order chi connectivity index (χ1) is 42.6. The molecule has 13 aromatic carbocycles. The molecule has 0 amide bonds. The monoisotopic (exact) mass is 1100 g/mol. The minimum atomic E-state index is -0.188. The fourth-order valence-electron chi connectivity index (χ4n) is 14.5. The van der Waals surface area contributed by atoms with Crippen molar-refractivity contribution >= 4 is 89.8 Å². The van der Waals surface area contributed by atoms with Crippen LogP contribution in [0.15, 0.2) is 279 Å². The van der Waals surface area contributed by atoms with Crippen LogP contribution in [-0.4, -0.2) is 22.6 Å². The number of ether oxygens (including phenoxy) is 4. The predicted octanol–water partition coefficient (Wildman–Crippen LogP) is 16.0. The first-order valence-electron chi connectivity index (χ1n) is 29.4. The average Bonchev–Trinajstić information content (AvgIpc) is 1.84. The highest BCUT2D eigenvalue weighted by Crippen LogP contribution is 2.45. The zero-order chi connectivity index (χ0) is 56.1. The van der Waals surface area contributed by atoms with E-state index in [-0.39, 0.29) is 13.4 Å². The molecule has 2 aromatic heterocycles. The lowest BCUT2D eigenvalue weighted by molar-refractivity contribution is 0.451. The molecule has 19 rings (SSSR count). The van der Waals surface area contributed by atoms with Crippen LogP contribution >= 0.6 is 0 Å². The van der Waals surface area contributed by atoms with E-state index >= 15 is 0 Å². The van der Waals surface area contributed by atoms with Gasteiger partial charge < -0.3 is 28.1 Å². The molecular weight excluding hydrogens is 1050 g/mol. The number of fused-ring (bicyclic) bond motifs is 14. The smallest absolute Gasteiger partial charge is 0.260 e. The zero-order valence-corrected chi connectivity index (χ0v) is 46.2. The molecule has 0 bridgehead atoms. The van der Waals surface area contributed by atoms with Crippen LogP contribution in [0.5, 0.6) is 46.0 Å². The summed E-state index contributed by atoms with van der Waals surface area (Å²) in [5, 5.41) is 4.66. The molecule has 0 radical (unpaired) electrons. The maximum Gasteiger partial charge on any atom is 0.260 e. The highest BCUT2D eigenvalue weighted by Gasteiger charge is 2.46. The predicted molar refractivity (Wildman–Crippen MR) is 352 cm³/mol. The first kappa shape index (κ1) is 47.3. The Labute approximate surface area is 496 Å². The van der Waals surface area contributed by atoms with Crippen molar-refractivity contribution < 1.29 is 18.9 Å². The van der Waals surface area contributed by atoms with Gasteiger partial charge in [0, 0.05) is 62.8 Å². The SMILES string of the molecule is c1ccc(-c2ccc3c(c2)c2cc(-c4ccccc4)ccc2n3-c2cc3c4c(c2)Oc2cc5c(cc2B4c2ccccc2O3)B2c3ccccc3Oc3cc(-n4c6ccc(-c7ccccc7)cc6c6cc(-c7ccccc7)ccc64)cc(c32)O5)cc1. The molecule has 398 valence electrons. The summed E-state index contributed by atoms with van der Waals surface area (Å²) in [5.74, 6) is 6.17. The summed E-state index contributed by atoms with van der Waals surface area (Å²) in [6, 6.07) is 100. The summed E-state index contributed by atoms with van der Waals surface area (Å²) >= 11 is 0. The van der Waals surface area contributed by atoms with Gasteiger partial charge in [0.2, 0.25) is 0 Å². The zero-order valence-electron chi connectivity index (χ0n) is 46.2. The van der Waals surface area contributed by atoms with Gasteiger partial charge in [-0.05, 0) is 127 Å². The van der Waals surface area contributed by atoms with Crippen molar-refractivity contribution in [3.63, 3.8) is 0 Å². The third-order valence-corrected chi connectivity index (χ3v) is 18.3. The van der Waals surface area contributed by atoms with Crippen molar-refractivity contribution in [1.82, 2.24) is 9.13 Å². The van der Waals surface area contributed by atoms with Crippen LogP contribution in [0.3, 0.4) is 0 Å². The third kappa shape index (κ3) is 7.04. The number of nitrogens with zero attached hydrogens (tertiary/aromatic N) is 2. The molecule has 0 saturated heterocycles. The second-order valence-electron chi connectivity index (χ2n) is 23.1. The fraction of sp³-hybridized carbons (Fsp3) is 0. The van der Waals surface area contributed by atoms with Crippen molar-refractivity contribution in [1.29, 1.82) is 0 Å². The maximum absolute atomic E-state index is 7.35. The summed E-state index contributed by atoms with van der Waals surface area (Å²) in [5.41, 5.74) is 21.9. The Kier molecular flexibility index (Phi) is 9.98. The molecular formula is C78H46B2N2O4. The lowest BCUT2D eigenvalue weighted by Crippen LogP contribution is -2.61. The van der Waals surface area contributed by atoms with Gasteiger partial charge in [-0.25, -0.2) is 0 Å².